The smallest absolute Gasteiger partial charge is 0.137 e. The standard InChI is InChI=1S/C16H24N4S/c1-4-7-14-15(17-5-2)18-12-19-16(14)20(3)10-9-13-8-6-11-21-13/h6,8,11-12H,4-5,7,9-10H2,1-3H3,(H,17,18,19). The molecule has 0 unspecified atom stereocenters. The SMILES string of the molecule is CCCc1c(NCC)ncnc1N(C)CCc1cccs1. The number of hydrogen-bond donors (Lipinski definition) is 1. The Kier molecular flexibility index (Phi) is 5.99. The van der Waals surface area contributed by atoms with Crippen LogP contribution in [0.2, 0.25) is 0 Å². The van der Waals surface area contributed by atoms with Gasteiger partial charge in [-0.25, -0.2) is 9.97 Å². The zero-order valence-corrected chi connectivity index (χ0v) is 13.9. The third-order valence-corrected chi connectivity index (χ3v) is 4.34. The highest BCUT2D eigenvalue weighted by atomic mass is 32.1. The van der Waals surface area contributed by atoms with Gasteiger partial charge in [0.1, 0.15) is 18.0 Å². The second kappa shape index (κ2) is 7.98. The van der Waals surface area contributed by atoms with Crippen LogP contribution in [0, 0.1) is 0 Å². The number of nitrogens with one attached hydrogen (secondary N) is 1. The summed E-state index contributed by atoms with van der Waals surface area (Å²) in [5.41, 5.74) is 1.23. The van der Waals surface area contributed by atoms with E-state index in [1.807, 2.05) is 11.3 Å². The minimum Gasteiger partial charge on any atom is -0.370 e. The molecule has 0 aliphatic carbocycles. The second-order valence-corrected chi connectivity index (χ2v) is 6.09. The summed E-state index contributed by atoms with van der Waals surface area (Å²) in [6.45, 7) is 6.14. The summed E-state index contributed by atoms with van der Waals surface area (Å²) in [6, 6.07) is 4.30. The fourth-order valence-electron chi connectivity index (χ4n) is 2.37. The minimum absolute atomic E-state index is 0.881. The first-order valence-electron chi connectivity index (χ1n) is 7.57. The van der Waals surface area contributed by atoms with Crippen molar-refractivity contribution < 1.29 is 0 Å². The van der Waals surface area contributed by atoms with Gasteiger partial charge < -0.3 is 10.2 Å². The molecule has 2 aromatic rings. The quantitative estimate of drug-likeness (QED) is 0.809. The summed E-state index contributed by atoms with van der Waals surface area (Å²) in [4.78, 5) is 12.6. The second-order valence-electron chi connectivity index (χ2n) is 5.06. The Bertz CT molecular complexity index is 539. The van der Waals surface area contributed by atoms with E-state index in [2.05, 4.69) is 58.6 Å². The number of aromatic nitrogens is 2. The predicted octanol–water partition coefficient (Wildman–Crippen LogP) is 3.60. The topological polar surface area (TPSA) is 41.1 Å². The van der Waals surface area contributed by atoms with Crippen molar-refractivity contribution >= 4 is 23.0 Å². The van der Waals surface area contributed by atoms with Gasteiger partial charge in [-0.2, -0.15) is 0 Å². The number of hydrogen-bond acceptors (Lipinski definition) is 5. The van der Waals surface area contributed by atoms with Gasteiger partial charge in [0.15, 0.2) is 0 Å². The summed E-state index contributed by atoms with van der Waals surface area (Å²) in [5, 5.41) is 5.48. The van der Waals surface area contributed by atoms with Crippen LogP contribution >= 0.6 is 11.3 Å². The zero-order valence-electron chi connectivity index (χ0n) is 13.1. The Labute approximate surface area is 131 Å². The number of anilines is 2. The molecule has 114 valence electrons. The Morgan fingerprint density at radius 1 is 1.24 bits per heavy atom. The molecule has 2 rings (SSSR count). The van der Waals surface area contributed by atoms with Gasteiger partial charge in [0.05, 0.1) is 0 Å². The third kappa shape index (κ3) is 4.17. The molecule has 0 spiro atoms. The number of thiophene rings is 1. The Balaban J connectivity index is 2.14. The third-order valence-electron chi connectivity index (χ3n) is 3.40. The van der Waals surface area contributed by atoms with E-state index < -0.39 is 0 Å². The van der Waals surface area contributed by atoms with E-state index in [0.29, 0.717) is 0 Å². The molecular weight excluding hydrogens is 280 g/mol. The first kappa shape index (κ1) is 15.8. The van der Waals surface area contributed by atoms with Crippen LogP contribution in [0.15, 0.2) is 23.8 Å². The molecule has 0 aliphatic heterocycles. The van der Waals surface area contributed by atoms with Crippen molar-refractivity contribution in [3.8, 4) is 0 Å². The van der Waals surface area contributed by atoms with Crippen LogP contribution < -0.4 is 10.2 Å². The van der Waals surface area contributed by atoms with Crippen LogP contribution in [0.25, 0.3) is 0 Å². The van der Waals surface area contributed by atoms with Crippen LogP contribution in [0.4, 0.5) is 11.6 Å². The van der Waals surface area contributed by atoms with Crippen molar-refractivity contribution in [2.75, 3.05) is 30.4 Å². The van der Waals surface area contributed by atoms with Crippen LogP contribution in [-0.4, -0.2) is 30.1 Å². The van der Waals surface area contributed by atoms with Crippen molar-refractivity contribution in [1.29, 1.82) is 0 Å². The summed E-state index contributed by atoms with van der Waals surface area (Å²) >= 11 is 1.81. The maximum absolute atomic E-state index is 4.52. The van der Waals surface area contributed by atoms with E-state index in [4.69, 9.17) is 0 Å². The fourth-order valence-corrected chi connectivity index (χ4v) is 3.07. The predicted molar refractivity (Wildman–Crippen MR) is 91.5 cm³/mol. The molecule has 0 aromatic carbocycles. The zero-order chi connectivity index (χ0) is 15.1. The van der Waals surface area contributed by atoms with Gasteiger partial charge in [-0.05, 0) is 31.2 Å². The maximum atomic E-state index is 4.52. The van der Waals surface area contributed by atoms with Gasteiger partial charge in [0.25, 0.3) is 0 Å². The van der Waals surface area contributed by atoms with Gasteiger partial charge in [-0.3, -0.25) is 0 Å². The molecular formula is C16H24N4S. The molecule has 2 heterocycles. The van der Waals surface area contributed by atoms with Gasteiger partial charge in [0, 0.05) is 30.6 Å². The summed E-state index contributed by atoms with van der Waals surface area (Å²) in [6.07, 6.45) is 4.81. The highest BCUT2D eigenvalue weighted by Gasteiger charge is 2.14. The molecule has 21 heavy (non-hydrogen) atoms. The molecule has 5 heteroatoms. The van der Waals surface area contributed by atoms with Crippen LogP contribution in [0.5, 0.6) is 0 Å². The highest BCUT2D eigenvalue weighted by Crippen LogP contribution is 2.24. The molecule has 2 aromatic heterocycles. The molecule has 1 N–H and O–H groups in total. The van der Waals surface area contributed by atoms with Crippen molar-refractivity contribution in [2.45, 2.75) is 33.1 Å². The summed E-state index contributed by atoms with van der Waals surface area (Å²) < 4.78 is 0. The lowest BCUT2D eigenvalue weighted by atomic mass is 10.1. The van der Waals surface area contributed by atoms with Gasteiger partial charge in [-0.1, -0.05) is 19.4 Å². The minimum atomic E-state index is 0.881. The molecule has 0 radical (unpaired) electrons. The maximum Gasteiger partial charge on any atom is 0.137 e. The van der Waals surface area contributed by atoms with Crippen molar-refractivity contribution in [3.05, 3.63) is 34.3 Å². The average molecular weight is 304 g/mol. The van der Waals surface area contributed by atoms with Crippen LogP contribution in [0.3, 0.4) is 0 Å². The van der Waals surface area contributed by atoms with Gasteiger partial charge in [-0.15, -0.1) is 11.3 Å². The Morgan fingerprint density at radius 2 is 2.10 bits per heavy atom. The van der Waals surface area contributed by atoms with Crippen LogP contribution in [0.1, 0.15) is 30.7 Å². The summed E-state index contributed by atoms with van der Waals surface area (Å²) in [7, 11) is 2.12. The first-order valence-corrected chi connectivity index (χ1v) is 8.45. The van der Waals surface area contributed by atoms with E-state index in [9.17, 15) is 0 Å². The number of rotatable bonds is 8. The van der Waals surface area contributed by atoms with Crippen molar-refractivity contribution in [2.24, 2.45) is 0 Å². The number of nitrogens with zero attached hydrogens (tertiary/aromatic N) is 3. The summed E-state index contributed by atoms with van der Waals surface area (Å²) in [5.74, 6) is 2.03. The van der Waals surface area contributed by atoms with Crippen LogP contribution in [-0.2, 0) is 12.8 Å². The average Bonchev–Trinajstić information content (AvgIpc) is 3.00. The van der Waals surface area contributed by atoms with E-state index in [1.165, 1.54) is 10.4 Å². The Hall–Kier alpha value is -1.62. The lowest BCUT2D eigenvalue weighted by Crippen LogP contribution is -2.23. The van der Waals surface area contributed by atoms with Gasteiger partial charge >= 0.3 is 0 Å². The van der Waals surface area contributed by atoms with E-state index in [1.54, 1.807) is 6.33 Å². The molecule has 0 fully saturated rings. The number of likely N-dealkylation sites (N-methyl/N-ethyl adjacent to an activating group) is 1. The lowest BCUT2D eigenvalue weighted by Gasteiger charge is -2.22. The molecule has 0 saturated carbocycles. The molecule has 0 bridgehead atoms. The van der Waals surface area contributed by atoms with E-state index >= 15 is 0 Å². The molecule has 0 saturated heterocycles. The van der Waals surface area contributed by atoms with Crippen molar-refractivity contribution in [1.82, 2.24) is 9.97 Å². The molecule has 0 aliphatic rings. The lowest BCUT2D eigenvalue weighted by molar-refractivity contribution is 0.830. The van der Waals surface area contributed by atoms with E-state index in [0.717, 1.165) is 44.0 Å². The van der Waals surface area contributed by atoms with Crippen molar-refractivity contribution in [3.63, 3.8) is 0 Å². The molecule has 0 amide bonds. The largest absolute Gasteiger partial charge is 0.370 e. The highest BCUT2D eigenvalue weighted by molar-refractivity contribution is 7.09. The fraction of sp³-hybridized carbons (Fsp3) is 0.500. The first-order chi connectivity index (χ1) is 10.3. The normalized spacial score (nSPS) is 10.6. The van der Waals surface area contributed by atoms with E-state index in [-0.39, 0.29) is 0 Å². The Morgan fingerprint density at radius 3 is 2.76 bits per heavy atom. The molecule has 0 atom stereocenters. The molecule has 4 nitrogen and oxygen atoms in total. The monoisotopic (exact) mass is 304 g/mol. The van der Waals surface area contributed by atoms with Gasteiger partial charge in [0.2, 0.25) is 0 Å².